The van der Waals surface area contributed by atoms with Crippen molar-refractivity contribution in [2.75, 3.05) is 17.7 Å². The fourth-order valence-corrected chi connectivity index (χ4v) is 2.84. The molecule has 5 nitrogen and oxygen atoms in total. The van der Waals surface area contributed by atoms with Crippen molar-refractivity contribution >= 4 is 46.4 Å². The molecule has 1 fully saturated rings. The lowest BCUT2D eigenvalue weighted by Crippen LogP contribution is -2.35. The lowest BCUT2D eigenvalue weighted by Gasteiger charge is -2.17. The number of amides is 2. The third-order valence-electron chi connectivity index (χ3n) is 4.15. The van der Waals surface area contributed by atoms with Gasteiger partial charge in [0.25, 0.3) is 0 Å². The van der Waals surface area contributed by atoms with Crippen molar-refractivity contribution in [2.24, 2.45) is 5.41 Å². The van der Waals surface area contributed by atoms with Crippen LogP contribution in [0.2, 0.25) is 10.0 Å². The normalized spacial score (nSPS) is 14.5. The van der Waals surface area contributed by atoms with Crippen LogP contribution < -0.4 is 15.4 Å². The van der Waals surface area contributed by atoms with Crippen molar-refractivity contribution < 1.29 is 14.3 Å². The number of anilines is 2. The van der Waals surface area contributed by atoms with Crippen LogP contribution >= 0.6 is 23.2 Å². The fourth-order valence-electron chi connectivity index (χ4n) is 2.51. The molecule has 1 aliphatic carbocycles. The highest BCUT2D eigenvalue weighted by Crippen LogP contribution is 2.48. The van der Waals surface area contributed by atoms with E-state index in [0.29, 0.717) is 40.0 Å². The Hall–Kier alpha value is -2.24. The van der Waals surface area contributed by atoms with Gasteiger partial charge < -0.3 is 15.4 Å². The summed E-state index contributed by atoms with van der Waals surface area (Å²) in [5.74, 6) is -0.235. The average molecular weight is 379 g/mol. The molecule has 3 rings (SSSR count). The summed E-state index contributed by atoms with van der Waals surface area (Å²) >= 11 is 12.0. The molecule has 0 aromatic heterocycles. The first kappa shape index (κ1) is 17.6. The third kappa shape index (κ3) is 3.57. The minimum Gasteiger partial charge on any atom is -0.495 e. The number of methoxy groups -OCH3 is 1. The second-order valence-corrected chi connectivity index (χ2v) is 6.66. The van der Waals surface area contributed by atoms with Crippen molar-refractivity contribution in [1.82, 2.24) is 0 Å². The van der Waals surface area contributed by atoms with Gasteiger partial charge >= 0.3 is 0 Å². The van der Waals surface area contributed by atoms with Crippen LogP contribution in [-0.4, -0.2) is 18.9 Å². The number of nitrogens with one attached hydrogen (secondary N) is 2. The second kappa shape index (κ2) is 6.94. The van der Waals surface area contributed by atoms with E-state index in [2.05, 4.69) is 10.6 Å². The standard InChI is InChI=1S/C18H16Cl2N2O3/c1-25-15-5-3-2-4-13(15)21-16(23)18(8-9-18)17(24)22-14-10-11(19)6-7-12(14)20/h2-7,10H,8-9H2,1H3,(H,21,23)(H,22,24). The Morgan fingerprint density at radius 3 is 2.28 bits per heavy atom. The minimum absolute atomic E-state index is 0.360. The monoisotopic (exact) mass is 378 g/mol. The maximum Gasteiger partial charge on any atom is 0.240 e. The van der Waals surface area contributed by atoms with Crippen LogP contribution in [0.1, 0.15) is 12.8 Å². The van der Waals surface area contributed by atoms with Crippen LogP contribution in [0.3, 0.4) is 0 Å². The summed E-state index contributed by atoms with van der Waals surface area (Å²) in [6.45, 7) is 0. The smallest absolute Gasteiger partial charge is 0.240 e. The molecule has 2 amide bonds. The molecule has 1 saturated carbocycles. The molecule has 2 aromatic carbocycles. The van der Waals surface area contributed by atoms with Crippen molar-refractivity contribution in [3.8, 4) is 5.75 Å². The van der Waals surface area contributed by atoms with Gasteiger partial charge in [0, 0.05) is 5.02 Å². The lowest BCUT2D eigenvalue weighted by molar-refractivity contribution is -0.131. The molecule has 25 heavy (non-hydrogen) atoms. The average Bonchev–Trinajstić information content (AvgIpc) is 3.40. The molecular weight excluding hydrogens is 363 g/mol. The van der Waals surface area contributed by atoms with Gasteiger partial charge in [-0.05, 0) is 43.2 Å². The molecule has 0 unspecified atom stereocenters. The highest BCUT2D eigenvalue weighted by Gasteiger charge is 2.56. The first-order chi connectivity index (χ1) is 12.0. The Morgan fingerprint density at radius 2 is 1.64 bits per heavy atom. The molecule has 0 atom stereocenters. The van der Waals surface area contributed by atoms with Gasteiger partial charge in [-0.25, -0.2) is 0 Å². The highest BCUT2D eigenvalue weighted by molar-refractivity contribution is 6.36. The van der Waals surface area contributed by atoms with E-state index in [4.69, 9.17) is 27.9 Å². The number of carbonyl (C=O) groups excluding carboxylic acids is 2. The first-order valence-electron chi connectivity index (χ1n) is 7.67. The summed E-state index contributed by atoms with van der Waals surface area (Å²) in [4.78, 5) is 25.3. The Balaban J connectivity index is 1.76. The highest BCUT2D eigenvalue weighted by atomic mass is 35.5. The number of rotatable bonds is 5. The largest absolute Gasteiger partial charge is 0.495 e. The molecule has 7 heteroatoms. The van der Waals surface area contributed by atoms with E-state index in [-0.39, 0.29) is 5.91 Å². The van der Waals surface area contributed by atoms with Gasteiger partial charge in [0.1, 0.15) is 11.2 Å². The van der Waals surface area contributed by atoms with E-state index in [9.17, 15) is 9.59 Å². The number of carbonyl (C=O) groups is 2. The minimum atomic E-state index is -1.10. The van der Waals surface area contributed by atoms with Crippen molar-refractivity contribution in [1.29, 1.82) is 0 Å². The summed E-state index contributed by atoms with van der Waals surface area (Å²) in [5.41, 5.74) is -0.197. The molecule has 0 aliphatic heterocycles. The second-order valence-electron chi connectivity index (χ2n) is 5.81. The van der Waals surface area contributed by atoms with E-state index >= 15 is 0 Å². The van der Waals surface area contributed by atoms with E-state index in [1.54, 1.807) is 42.5 Å². The molecular formula is C18H16Cl2N2O3. The molecule has 0 saturated heterocycles. The summed E-state index contributed by atoms with van der Waals surface area (Å²) < 4.78 is 5.22. The topological polar surface area (TPSA) is 67.4 Å². The Kier molecular flexibility index (Phi) is 4.88. The van der Waals surface area contributed by atoms with Crippen LogP contribution in [0, 0.1) is 5.41 Å². The SMILES string of the molecule is COc1ccccc1NC(=O)C1(C(=O)Nc2cc(Cl)ccc2Cl)CC1. The summed E-state index contributed by atoms with van der Waals surface area (Å²) in [7, 11) is 1.52. The van der Waals surface area contributed by atoms with Gasteiger partial charge in [0.2, 0.25) is 11.8 Å². The molecule has 0 spiro atoms. The van der Waals surface area contributed by atoms with E-state index in [1.165, 1.54) is 7.11 Å². The number of benzene rings is 2. The van der Waals surface area contributed by atoms with Crippen LogP contribution in [0.5, 0.6) is 5.75 Å². The predicted molar refractivity (Wildman–Crippen MR) is 98.4 cm³/mol. The van der Waals surface area contributed by atoms with E-state index in [1.807, 2.05) is 0 Å². The van der Waals surface area contributed by atoms with Crippen molar-refractivity contribution in [3.05, 3.63) is 52.5 Å². The van der Waals surface area contributed by atoms with Crippen molar-refractivity contribution in [2.45, 2.75) is 12.8 Å². The van der Waals surface area contributed by atoms with Crippen LogP contribution in [-0.2, 0) is 9.59 Å². The lowest BCUT2D eigenvalue weighted by atomic mass is 10.0. The van der Waals surface area contributed by atoms with Gasteiger partial charge in [-0.2, -0.15) is 0 Å². The quantitative estimate of drug-likeness (QED) is 0.759. The van der Waals surface area contributed by atoms with Crippen molar-refractivity contribution in [3.63, 3.8) is 0 Å². The van der Waals surface area contributed by atoms with E-state index < -0.39 is 11.3 Å². The van der Waals surface area contributed by atoms with Crippen LogP contribution in [0.4, 0.5) is 11.4 Å². The van der Waals surface area contributed by atoms with Gasteiger partial charge in [-0.1, -0.05) is 35.3 Å². The van der Waals surface area contributed by atoms with Gasteiger partial charge in [0.05, 0.1) is 23.5 Å². The maximum atomic E-state index is 12.7. The molecule has 0 radical (unpaired) electrons. The molecule has 1 aliphatic rings. The fraction of sp³-hybridized carbons (Fsp3) is 0.222. The third-order valence-corrected chi connectivity index (χ3v) is 4.72. The summed E-state index contributed by atoms with van der Waals surface area (Å²) in [6, 6.07) is 11.8. The van der Waals surface area contributed by atoms with Gasteiger partial charge in [-0.15, -0.1) is 0 Å². The predicted octanol–water partition coefficient (Wildman–Crippen LogP) is 4.36. The first-order valence-corrected chi connectivity index (χ1v) is 8.43. The molecule has 130 valence electrons. The van der Waals surface area contributed by atoms with Crippen LogP contribution in [0.25, 0.3) is 0 Å². The summed E-state index contributed by atoms with van der Waals surface area (Å²) in [5, 5.41) is 6.28. The number of ether oxygens (including phenoxy) is 1. The van der Waals surface area contributed by atoms with Gasteiger partial charge in [-0.3, -0.25) is 9.59 Å². The molecule has 0 heterocycles. The molecule has 2 aromatic rings. The van der Waals surface area contributed by atoms with Crippen LogP contribution in [0.15, 0.2) is 42.5 Å². The Bertz CT molecular complexity index is 835. The molecule has 2 N–H and O–H groups in total. The summed E-state index contributed by atoms with van der Waals surface area (Å²) in [6.07, 6.45) is 0.940. The Labute approximate surface area is 155 Å². The van der Waals surface area contributed by atoms with E-state index in [0.717, 1.165) is 0 Å². The number of hydrogen-bond donors (Lipinski definition) is 2. The Morgan fingerprint density at radius 1 is 1.00 bits per heavy atom. The number of hydrogen-bond acceptors (Lipinski definition) is 3. The zero-order chi connectivity index (χ0) is 18.0. The number of para-hydroxylation sites is 2. The zero-order valence-corrected chi connectivity index (χ0v) is 14.9. The zero-order valence-electron chi connectivity index (χ0n) is 13.4. The molecule has 0 bridgehead atoms. The van der Waals surface area contributed by atoms with Gasteiger partial charge in [0.15, 0.2) is 0 Å². The maximum absolute atomic E-state index is 12.7. The number of halogens is 2.